The first kappa shape index (κ1) is 15.4. The normalized spacial score (nSPS) is 20.4. The lowest BCUT2D eigenvalue weighted by Crippen LogP contribution is -2.45. The Morgan fingerprint density at radius 3 is 3.00 bits per heavy atom. The van der Waals surface area contributed by atoms with Gasteiger partial charge in [-0.15, -0.1) is 0 Å². The van der Waals surface area contributed by atoms with Crippen LogP contribution in [0.3, 0.4) is 0 Å². The number of aryl methyl sites for hydroxylation is 1. The number of furan rings is 1. The first-order valence-corrected chi connectivity index (χ1v) is 8.08. The third-order valence-electron chi connectivity index (χ3n) is 4.58. The monoisotopic (exact) mass is 320 g/mol. The number of likely N-dealkylation sites (tertiary alicyclic amines) is 1. The number of rotatable bonds is 2. The van der Waals surface area contributed by atoms with Gasteiger partial charge in [-0.25, -0.2) is 0 Å². The van der Waals surface area contributed by atoms with Crippen LogP contribution < -0.4 is 5.73 Å². The molecule has 22 heavy (non-hydrogen) atoms. The topological polar surface area (TPSA) is 59.5 Å². The number of fused-ring (bicyclic) bond motifs is 1. The molecule has 0 bridgehead atoms. The fourth-order valence-electron chi connectivity index (χ4n) is 3.16. The van der Waals surface area contributed by atoms with E-state index in [-0.39, 0.29) is 11.9 Å². The Bertz CT molecular complexity index is 708. The molecule has 0 aliphatic carbocycles. The number of hydrogen-bond acceptors (Lipinski definition) is 3. The van der Waals surface area contributed by atoms with E-state index in [1.807, 2.05) is 30.9 Å². The molecule has 118 valence electrons. The summed E-state index contributed by atoms with van der Waals surface area (Å²) in [5.74, 6) is 0.731. The molecule has 1 aliphatic heterocycles. The minimum atomic E-state index is -0.0461. The van der Waals surface area contributed by atoms with Gasteiger partial charge >= 0.3 is 0 Å². The van der Waals surface area contributed by atoms with Gasteiger partial charge < -0.3 is 15.1 Å². The van der Waals surface area contributed by atoms with Crippen LogP contribution in [0.15, 0.2) is 22.6 Å². The summed E-state index contributed by atoms with van der Waals surface area (Å²) in [6.07, 6.45) is 2.07. The van der Waals surface area contributed by atoms with E-state index in [9.17, 15) is 4.79 Å². The fourth-order valence-corrected chi connectivity index (χ4v) is 3.34. The molecule has 0 saturated carbocycles. The number of amides is 1. The molecule has 2 aromatic rings. The molecule has 0 radical (unpaired) electrons. The summed E-state index contributed by atoms with van der Waals surface area (Å²) in [6, 6.07) is 5.52. The number of hydrogen-bond donors (Lipinski definition) is 1. The van der Waals surface area contributed by atoms with Gasteiger partial charge in [0.25, 0.3) is 5.91 Å². The summed E-state index contributed by atoms with van der Waals surface area (Å²) in [5, 5.41) is 1.54. The van der Waals surface area contributed by atoms with Gasteiger partial charge in [0.2, 0.25) is 0 Å². The maximum Gasteiger partial charge on any atom is 0.289 e. The number of piperidine rings is 1. The lowest BCUT2D eigenvalue weighted by atomic mass is 9.92. The van der Waals surface area contributed by atoms with Crippen molar-refractivity contribution in [1.29, 1.82) is 0 Å². The lowest BCUT2D eigenvalue weighted by Gasteiger charge is -2.34. The zero-order valence-electron chi connectivity index (χ0n) is 12.9. The Labute approximate surface area is 135 Å². The molecule has 2 heterocycles. The Balaban J connectivity index is 1.90. The molecular weight excluding hydrogens is 300 g/mol. The first-order valence-electron chi connectivity index (χ1n) is 7.71. The molecule has 1 fully saturated rings. The average Bonchev–Trinajstić information content (AvgIpc) is 2.83. The fraction of sp³-hybridized carbons (Fsp3) is 0.471. The highest BCUT2D eigenvalue weighted by atomic mass is 35.5. The number of nitrogens with two attached hydrogens (primary N) is 1. The average molecular weight is 321 g/mol. The Hall–Kier alpha value is -1.52. The molecule has 0 spiro atoms. The molecule has 1 amide bonds. The largest absolute Gasteiger partial charge is 0.451 e. The second-order valence-corrected chi connectivity index (χ2v) is 6.65. The summed E-state index contributed by atoms with van der Waals surface area (Å²) in [6.45, 7) is 5.38. The van der Waals surface area contributed by atoms with E-state index in [2.05, 4.69) is 0 Å². The van der Waals surface area contributed by atoms with Crippen LogP contribution in [0.5, 0.6) is 0 Å². The Morgan fingerprint density at radius 1 is 1.50 bits per heavy atom. The summed E-state index contributed by atoms with van der Waals surface area (Å²) < 4.78 is 5.78. The Morgan fingerprint density at radius 2 is 2.27 bits per heavy atom. The number of carbonyl (C=O) groups is 1. The van der Waals surface area contributed by atoms with Gasteiger partial charge in [0, 0.05) is 35.1 Å². The smallest absolute Gasteiger partial charge is 0.289 e. The van der Waals surface area contributed by atoms with Crippen LogP contribution >= 0.6 is 11.6 Å². The van der Waals surface area contributed by atoms with Gasteiger partial charge in [-0.05, 0) is 50.8 Å². The molecule has 3 rings (SSSR count). The van der Waals surface area contributed by atoms with E-state index < -0.39 is 0 Å². The van der Waals surface area contributed by atoms with Gasteiger partial charge in [-0.2, -0.15) is 0 Å². The number of halogens is 1. The quantitative estimate of drug-likeness (QED) is 0.919. The van der Waals surface area contributed by atoms with E-state index in [0.717, 1.165) is 30.3 Å². The van der Waals surface area contributed by atoms with Crippen molar-refractivity contribution in [2.24, 2.45) is 11.7 Å². The van der Waals surface area contributed by atoms with Crippen molar-refractivity contribution < 1.29 is 9.21 Å². The summed E-state index contributed by atoms with van der Waals surface area (Å²) in [5.41, 5.74) is 7.55. The molecule has 1 aliphatic rings. The minimum Gasteiger partial charge on any atom is -0.451 e. The van der Waals surface area contributed by atoms with Crippen LogP contribution in [-0.4, -0.2) is 29.9 Å². The van der Waals surface area contributed by atoms with Crippen LogP contribution in [0.25, 0.3) is 11.0 Å². The van der Waals surface area contributed by atoms with Crippen molar-refractivity contribution in [3.05, 3.63) is 34.5 Å². The van der Waals surface area contributed by atoms with E-state index in [1.54, 1.807) is 6.07 Å². The molecular formula is C17H21ClN2O2. The first-order chi connectivity index (χ1) is 10.5. The SMILES string of the molecule is Cc1c(C(=O)N2CCC[C@H]([C@H](C)N)C2)oc2ccc(Cl)cc12. The maximum atomic E-state index is 12.8. The number of carbonyl (C=O) groups excluding carboxylic acids is 1. The van der Waals surface area contributed by atoms with Crippen LogP contribution in [0.4, 0.5) is 0 Å². The maximum absolute atomic E-state index is 12.8. The third kappa shape index (κ3) is 2.73. The van der Waals surface area contributed by atoms with Gasteiger partial charge in [0.15, 0.2) is 5.76 Å². The van der Waals surface area contributed by atoms with Crippen molar-refractivity contribution in [2.75, 3.05) is 13.1 Å². The van der Waals surface area contributed by atoms with Crippen LogP contribution in [0.1, 0.15) is 35.9 Å². The Kier molecular flexibility index (Phi) is 4.15. The lowest BCUT2D eigenvalue weighted by molar-refractivity contribution is 0.0630. The highest BCUT2D eigenvalue weighted by Crippen LogP contribution is 2.30. The van der Waals surface area contributed by atoms with E-state index in [0.29, 0.717) is 28.8 Å². The van der Waals surface area contributed by atoms with E-state index in [1.165, 1.54) is 0 Å². The van der Waals surface area contributed by atoms with Crippen molar-refractivity contribution in [3.63, 3.8) is 0 Å². The third-order valence-corrected chi connectivity index (χ3v) is 4.82. The molecule has 2 N–H and O–H groups in total. The zero-order valence-corrected chi connectivity index (χ0v) is 13.7. The van der Waals surface area contributed by atoms with E-state index >= 15 is 0 Å². The predicted octanol–water partition coefficient (Wildman–Crippen LogP) is 3.59. The highest BCUT2D eigenvalue weighted by Gasteiger charge is 2.29. The predicted molar refractivity (Wildman–Crippen MR) is 88.2 cm³/mol. The molecule has 1 aromatic heterocycles. The summed E-state index contributed by atoms with van der Waals surface area (Å²) in [4.78, 5) is 14.7. The molecule has 4 nitrogen and oxygen atoms in total. The minimum absolute atomic E-state index is 0.0461. The highest BCUT2D eigenvalue weighted by molar-refractivity contribution is 6.31. The van der Waals surface area contributed by atoms with Gasteiger partial charge in [-0.1, -0.05) is 11.6 Å². The summed E-state index contributed by atoms with van der Waals surface area (Å²) >= 11 is 6.03. The molecule has 1 aromatic carbocycles. The second kappa shape index (κ2) is 5.94. The number of nitrogens with zero attached hydrogens (tertiary/aromatic N) is 1. The standard InChI is InChI=1S/C17H21ClN2O2/c1-10-14-8-13(18)5-6-15(14)22-16(10)17(21)20-7-3-4-12(9-20)11(2)19/h5-6,8,11-12H,3-4,7,9,19H2,1-2H3/t11-,12-/m0/s1. The van der Waals surface area contributed by atoms with Crippen molar-refractivity contribution in [1.82, 2.24) is 4.90 Å². The van der Waals surface area contributed by atoms with E-state index in [4.69, 9.17) is 21.8 Å². The van der Waals surface area contributed by atoms with Crippen LogP contribution in [0.2, 0.25) is 5.02 Å². The summed E-state index contributed by atoms with van der Waals surface area (Å²) in [7, 11) is 0. The van der Waals surface area contributed by atoms with Gasteiger partial charge in [0.1, 0.15) is 5.58 Å². The second-order valence-electron chi connectivity index (χ2n) is 6.21. The van der Waals surface area contributed by atoms with Crippen molar-refractivity contribution >= 4 is 28.5 Å². The molecule has 0 unspecified atom stereocenters. The van der Waals surface area contributed by atoms with Crippen LogP contribution in [0, 0.1) is 12.8 Å². The van der Waals surface area contributed by atoms with Crippen molar-refractivity contribution in [2.45, 2.75) is 32.7 Å². The molecule has 2 atom stereocenters. The van der Waals surface area contributed by atoms with Crippen molar-refractivity contribution in [3.8, 4) is 0 Å². The van der Waals surface area contributed by atoms with Gasteiger partial charge in [-0.3, -0.25) is 4.79 Å². The van der Waals surface area contributed by atoms with Gasteiger partial charge in [0.05, 0.1) is 0 Å². The number of benzene rings is 1. The zero-order chi connectivity index (χ0) is 15.9. The molecule has 5 heteroatoms. The molecule has 1 saturated heterocycles. The van der Waals surface area contributed by atoms with Crippen LogP contribution in [-0.2, 0) is 0 Å².